The Morgan fingerprint density at radius 3 is 2.72 bits per heavy atom. The molecule has 138 valence electrons. The average molecular weight is 373 g/mol. The number of hydrogen-bond acceptors (Lipinski definition) is 4. The van der Waals surface area contributed by atoms with Crippen molar-refractivity contribution >= 4 is 17.5 Å². The van der Waals surface area contributed by atoms with Gasteiger partial charge in [0.15, 0.2) is 0 Å². The quantitative estimate of drug-likeness (QED) is 0.730. The van der Waals surface area contributed by atoms with Crippen LogP contribution in [0.4, 0.5) is 8.78 Å². The van der Waals surface area contributed by atoms with Gasteiger partial charge in [-0.05, 0) is 45.2 Å². The molecule has 2 rings (SSSR count). The molecule has 1 aliphatic rings. The summed E-state index contributed by atoms with van der Waals surface area (Å²) in [5.74, 6) is -1.05. The van der Waals surface area contributed by atoms with Crippen molar-refractivity contribution in [2.45, 2.75) is 51.9 Å². The van der Waals surface area contributed by atoms with E-state index < -0.39 is 11.6 Å². The molecule has 0 spiro atoms. The first kappa shape index (κ1) is 19.7. The summed E-state index contributed by atoms with van der Waals surface area (Å²) in [6, 6.07) is 3.54. The Balaban J connectivity index is 2.09. The third kappa shape index (κ3) is 5.41. The Morgan fingerprint density at radius 1 is 1.32 bits per heavy atom. The van der Waals surface area contributed by atoms with Crippen molar-refractivity contribution in [2.24, 2.45) is 4.99 Å². The molecule has 25 heavy (non-hydrogen) atoms. The van der Waals surface area contributed by atoms with Crippen molar-refractivity contribution in [1.82, 2.24) is 4.90 Å². The first-order valence-electron chi connectivity index (χ1n) is 8.33. The second-order valence-electron chi connectivity index (χ2n) is 6.18. The van der Waals surface area contributed by atoms with E-state index >= 15 is 0 Å². The van der Waals surface area contributed by atoms with Gasteiger partial charge < -0.3 is 14.7 Å². The van der Waals surface area contributed by atoms with Gasteiger partial charge >= 0.3 is 0 Å². The average Bonchev–Trinajstić information content (AvgIpc) is 2.56. The fourth-order valence-electron chi connectivity index (χ4n) is 2.57. The summed E-state index contributed by atoms with van der Waals surface area (Å²) < 4.78 is 32.3. The number of unbranched alkanes of at least 4 members (excludes halogenated alkanes) is 1. The third-order valence-electron chi connectivity index (χ3n) is 3.92. The summed E-state index contributed by atoms with van der Waals surface area (Å²) in [6.07, 6.45) is 3.89. The van der Waals surface area contributed by atoms with Gasteiger partial charge in [0.2, 0.25) is 5.90 Å². The van der Waals surface area contributed by atoms with Crippen LogP contribution in [-0.2, 0) is 11.3 Å². The molecule has 0 aromatic heterocycles. The minimum atomic E-state index is -0.667. The van der Waals surface area contributed by atoms with Crippen LogP contribution >= 0.6 is 11.6 Å². The molecular weight excluding hydrogens is 350 g/mol. The van der Waals surface area contributed by atoms with Gasteiger partial charge in [-0.1, -0.05) is 11.6 Å². The highest BCUT2D eigenvalue weighted by Gasteiger charge is 2.25. The Morgan fingerprint density at radius 2 is 2.08 bits per heavy atom. The molecule has 0 aliphatic carbocycles. The molecule has 0 bridgehead atoms. The molecule has 1 aromatic carbocycles. The van der Waals surface area contributed by atoms with Crippen LogP contribution in [0.3, 0.4) is 0 Å². The van der Waals surface area contributed by atoms with Gasteiger partial charge in [0, 0.05) is 30.5 Å². The summed E-state index contributed by atoms with van der Waals surface area (Å²) in [5, 5.41) is 9.29. The zero-order valence-corrected chi connectivity index (χ0v) is 15.1. The smallest absolute Gasteiger partial charge is 0.231 e. The summed E-state index contributed by atoms with van der Waals surface area (Å²) in [6.45, 7) is 4.13. The lowest BCUT2D eigenvalue weighted by molar-refractivity contribution is 0.196. The Bertz CT molecular complexity index is 650. The van der Waals surface area contributed by atoms with Crippen LogP contribution < -0.4 is 0 Å². The van der Waals surface area contributed by atoms with Gasteiger partial charge in [-0.15, -0.1) is 0 Å². The lowest BCUT2D eigenvalue weighted by Crippen LogP contribution is -2.39. The van der Waals surface area contributed by atoms with Crippen LogP contribution in [-0.4, -0.2) is 34.7 Å². The zero-order chi connectivity index (χ0) is 18.4. The molecule has 0 saturated carbocycles. The molecule has 7 heteroatoms. The van der Waals surface area contributed by atoms with Crippen LogP contribution in [0.15, 0.2) is 34.4 Å². The van der Waals surface area contributed by atoms with Crippen LogP contribution in [0.5, 0.6) is 0 Å². The van der Waals surface area contributed by atoms with Gasteiger partial charge in [0.1, 0.15) is 29.4 Å². The standard InChI is InChI=1S/C18H23ClF2N2O2/c1-12(2)23-10-15(19)18(22-17(23)5-3-4-8-24)25-11-13-6-7-14(20)9-16(13)21/h6-7,9-10,12,17,24H,3-5,8,11H2,1-2H3. The highest BCUT2D eigenvalue weighted by molar-refractivity contribution is 6.42. The number of benzene rings is 1. The summed E-state index contributed by atoms with van der Waals surface area (Å²) in [7, 11) is 0. The number of aliphatic hydroxyl groups is 1. The van der Waals surface area contributed by atoms with Crippen LogP contribution in [0.25, 0.3) is 0 Å². The number of aliphatic hydroxyl groups excluding tert-OH is 1. The van der Waals surface area contributed by atoms with Crippen LogP contribution in [0, 0.1) is 11.6 Å². The second-order valence-corrected chi connectivity index (χ2v) is 6.58. The number of hydrogen-bond donors (Lipinski definition) is 1. The minimum Gasteiger partial charge on any atom is -0.472 e. The normalized spacial score (nSPS) is 17.6. The predicted molar refractivity (Wildman–Crippen MR) is 94.2 cm³/mol. The molecule has 0 saturated heterocycles. The van der Waals surface area contributed by atoms with E-state index in [1.54, 1.807) is 6.20 Å². The first-order chi connectivity index (χ1) is 11.9. The fourth-order valence-corrected chi connectivity index (χ4v) is 2.79. The van der Waals surface area contributed by atoms with Crippen LogP contribution in [0.2, 0.25) is 0 Å². The maximum atomic E-state index is 13.7. The molecule has 1 heterocycles. The van der Waals surface area contributed by atoms with E-state index in [1.165, 1.54) is 12.1 Å². The van der Waals surface area contributed by atoms with Crippen LogP contribution in [0.1, 0.15) is 38.7 Å². The van der Waals surface area contributed by atoms with E-state index in [4.69, 9.17) is 21.4 Å². The molecule has 1 aliphatic heterocycles. The molecule has 4 nitrogen and oxygen atoms in total. The Hall–Kier alpha value is -1.66. The topological polar surface area (TPSA) is 45.1 Å². The van der Waals surface area contributed by atoms with Gasteiger partial charge in [-0.25, -0.2) is 13.8 Å². The Kier molecular flexibility index (Phi) is 7.20. The monoisotopic (exact) mass is 372 g/mol. The molecule has 0 amide bonds. The molecule has 0 fully saturated rings. The van der Waals surface area contributed by atoms with Crippen molar-refractivity contribution in [2.75, 3.05) is 6.61 Å². The maximum absolute atomic E-state index is 13.7. The van der Waals surface area contributed by atoms with Crippen molar-refractivity contribution in [3.8, 4) is 0 Å². The lowest BCUT2D eigenvalue weighted by atomic mass is 10.1. The summed E-state index contributed by atoms with van der Waals surface area (Å²) in [5.41, 5.74) is 0.233. The van der Waals surface area contributed by atoms with E-state index in [0.717, 1.165) is 18.9 Å². The van der Waals surface area contributed by atoms with Gasteiger partial charge in [0.25, 0.3) is 0 Å². The number of nitrogens with zero attached hydrogens (tertiary/aromatic N) is 2. The fraction of sp³-hybridized carbons (Fsp3) is 0.500. The van der Waals surface area contributed by atoms with E-state index in [2.05, 4.69) is 4.99 Å². The Labute approximate surface area is 151 Å². The van der Waals surface area contributed by atoms with Crippen molar-refractivity contribution in [1.29, 1.82) is 0 Å². The van der Waals surface area contributed by atoms with E-state index in [-0.39, 0.29) is 36.9 Å². The number of halogens is 3. The third-order valence-corrected chi connectivity index (χ3v) is 4.18. The SMILES string of the molecule is CC(C)N1C=C(Cl)C(OCc2ccc(F)cc2F)=NC1CCCCO. The van der Waals surface area contributed by atoms with Crippen molar-refractivity contribution < 1.29 is 18.6 Å². The molecule has 0 radical (unpaired) electrons. The second kappa shape index (κ2) is 9.15. The zero-order valence-electron chi connectivity index (χ0n) is 14.4. The largest absolute Gasteiger partial charge is 0.472 e. The maximum Gasteiger partial charge on any atom is 0.231 e. The predicted octanol–water partition coefficient (Wildman–Crippen LogP) is 4.17. The van der Waals surface area contributed by atoms with E-state index in [1.807, 2.05) is 18.7 Å². The molecule has 1 aromatic rings. The minimum absolute atomic E-state index is 0.0833. The molecule has 1 unspecified atom stereocenters. The van der Waals surface area contributed by atoms with E-state index in [9.17, 15) is 8.78 Å². The van der Waals surface area contributed by atoms with E-state index in [0.29, 0.717) is 11.5 Å². The first-order valence-corrected chi connectivity index (χ1v) is 8.70. The highest BCUT2D eigenvalue weighted by Crippen LogP contribution is 2.24. The summed E-state index contributed by atoms with van der Waals surface area (Å²) >= 11 is 6.25. The molecule has 1 atom stereocenters. The van der Waals surface area contributed by atoms with Gasteiger partial charge in [-0.2, -0.15) is 0 Å². The summed E-state index contributed by atoms with van der Waals surface area (Å²) in [4.78, 5) is 6.57. The van der Waals surface area contributed by atoms with Crippen molar-refractivity contribution in [3.05, 3.63) is 46.6 Å². The molecular formula is C18H23ClF2N2O2. The van der Waals surface area contributed by atoms with Crippen molar-refractivity contribution in [3.63, 3.8) is 0 Å². The number of rotatable bonds is 7. The number of aliphatic imine (C=N–C) groups is 1. The van der Waals surface area contributed by atoms with Gasteiger partial charge in [0.05, 0.1) is 0 Å². The van der Waals surface area contributed by atoms with Gasteiger partial charge in [-0.3, -0.25) is 0 Å². The lowest BCUT2D eigenvalue weighted by Gasteiger charge is -2.35. The number of ether oxygens (including phenoxy) is 1. The highest BCUT2D eigenvalue weighted by atomic mass is 35.5. The molecule has 1 N–H and O–H groups in total.